The van der Waals surface area contributed by atoms with E-state index in [1.54, 1.807) is 6.92 Å². The van der Waals surface area contributed by atoms with Crippen molar-refractivity contribution in [2.45, 2.75) is 13.2 Å². The SMILES string of the molecule is C=C(C)C(O)Oc1ncnc(=S)[nH]1. The van der Waals surface area contributed by atoms with Gasteiger partial charge in [0, 0.05) is 0 Å². The van der Waals surface area contributed by atoms with Crippen LogP contribution in [0.3, 0.4) is 0 Å². The van der Waals surface area contributed by atoms with Gasteiger partial charge in [-0.1, -0.05) is 6.58 Å². The third-order valence-electron chi connectivity index (χ3n) is 1.21. The molecule has 0 saturated heterocycles. The summed E-state index contributed by atoms with van der Waals surface area (Å²) in [6.45, 7) is 5.15. The number of nitrogens with one attached hydrogen (secondary N) is 1. The van der Waals surface area contributed by atoms with Crippen LogP contribution >= 0.6 is 12.2 Å². The van der Waals surface area contributed by atoms with Gasteiger partial charge >= 0.3 is 0 Å². The average molecular weight is 199 g/mol. The van der Waals surface area contributed by atoms with Crippen molar-refractivity contribution < 1.29 is 9.84 Å². The van der Waals surface area contributed by atoms with Crippen LogP contribution in [0, 0.1) is 4.77 Å². The van der Waals surface area contributed by atoms with E-state index in [0.717, 1.165) is 0 Å². The van der Waals surface area contributed by atoms with Gasteiger partial charge in [-0.3, -0.25) is 4.98 Å². The number of aliphatic hydroxyl groups excluding tert-OH is 1. The lowest BCUT2D eigenvalue weighted by Crippen LogP contribution is -2.17. The highest BCUT2D eigenvalue weighted by molar-refractivity contribution is 7.71. The molecule has 0 fully saturated rings. The van der Waals surface area contributed by atoms with Crippen molar-refractivity contribution in [1.29, 1.82) is 0 Å². The van der Waals surface area contributed by atoms with Crippen LogP contribution in [0.15, 0.2) is 18.5 Å². The van der Waals surface area contributed by atoms with E-state index < -0.39 is 6.29 Å². The van der Waals surface area contributed by atoms with E-state index in [1.807, 2.05) is 0 Å². The molecule has 1 aromatic rings. The maximum Gasteiger partial charge on any atom is 0.299 e. The largest absolute Gasteiger partial charge is 0.431 e. The third kappa shape index (κ3) is 2.92. The van der Waals surface area contributed by atoms with Crippen molar-refractivity contribution in [3.63, 3.8) is 0 Å². The Labute approximate surface area is 80.1 Å². The zero-order valence-electron chi connectivity index (χ0n) is 7.02. The van der Waals surface area contributed by atoms with Crippen molar-refractivity contribution in [3.05, 3.63) is 23.3 Å². The molecule has 0 saturated carbocycles. The van der Waals surface area contributed by atoms with E-state index in [2.05, 4.69) is 21.5 Å². The summed E-state index contributed by atoms with van der Waals surface area (Å²) >= 11 is 4.73. The maximum atomic E-state index is 9.23. The zero-order valence-corrected chi connectivity index (χ0v) is 7.84. The molecule has 6 heteroatoms. The highest BCUT2D eigenvalue weighted by Gasteiger charge is 2.06. The van der Waals surface area contributed by atoms with Crippen molar-refractivity contribution in [1.82, 2.24) is 15.0 Å². The molecule has 0 aromatic carbocycles. The molecule has 1 atom stereocenters. The topological polar surface area (TPSA) is 71.0 Å². The molecule has 0 spiro atoms. The van der Waals surface area contributed by atoms with Crippen LogP contribution in [0.5, 0.6) is 6.01 Å². The van der Waals surface area contributed by atoms with Gasteiger partial charge in [0.05, 0.1) is 0 Å². The predicted octanol–water partition coefficient (Wildman–Crippen LogP) is 0.807. The van der Waals surface area contributed by atoms with E-state index in [1.165, 1.54) is 6.33 Å². The molecular weight excluding hydrogens is 190 g/mol. The zero-order chi connectivity index (χ0) is 9.84. The molecule has 70 valence electrons. The molecule has 0 amide bonds. The number of aliphatic hydroxyl groups is 1. The fourth-order valence-corrected chi connectivity index (χ4v) is 0.690. The minimum atomic E-state index is -1.08. The monoisotopic (exact) mass is 199 g/mol. The van der Waals surface area contributed by atoms with E-state index in [-0.39, 0.29) is 10.8 Å². The third-order valence-corrected chi connectivity index (χ3v) is 1.42. The van der Waals surface area contributed by atoms with Crippen molar-refractivity contribution >= 4 is 12.2 Å². The first-order chi connectivity index (χ1) is 6.09. The molecule has 5 nitrogen and oxygen atoms in total. The number of nitrogens with zero attached hydrogens (tertiary/aromatic N) is 2. The van der Waals surface area contributed by atoms with Crippen LogP contribution in [0.2, 0.25) is 0 Å². The first-order valence-corrected chi connectivity index (χ1v) is 3.92. The summed E-state index contributed by atoms with van der Waals surface area (Å²) < 4.78 is 5.19. The normalized spacial score (nSPS) is 12.2. The number of aromatic amines is 1. The lowest BCUT2D eigenvalue weighted by Gasteiger charge is -2.10. The number of rotatable bonds is 3. The Morgan fingerprint density at radius 2 is 2.46 bits per heavy atom. The smallest absolute Gasteiger partial charge is 0.299 e. The number of hydrogen-bond acceptors (Lipinski definition) is 5. The Morgan fingerprint density at radius 3 is 3.00 bits per heavy atom. The van der Waals surface area contributed by atoms with Crippen LogP contribution in [0.25, 0.3) is 0 Å². The second-order valence-electron chi connectivity index (χ2n) is 2.43. The van der Waals surface area contributed by atoms with Crippen molar-refractivity contribution in [2.24, 2.45) is 0 Å². The highest BCUT2D eigenvalue weighted by atomic mass is 32.1. The van der Waals surface area contributed by atoms with Gasteiger partial charge in [-0.15, -0.1) is 0 Å². The molecule has 13 heavy (non-hydrogen) atoms. The maximum absolute atomic E-state index is 9.23. The number of ether oxygens (including phenoxy) is 1. The molecule has 0 bridgehead atoms. The molecule has 0 aliphatic heterocycles. The Kier molecular flexibility index (Phi) is 3.10. The average Bonchev–Trinajstić information content (AvgIpc) is 2.04. The Morgan fingerprint density at radius 1 is 1.77 bits per heavy atom. The molecule has 2 N–H and O–H groups in total. The summed E-state index contributed by atoms with van der Waals surface area (Å²) in [4.78, 5) is 9.92. The Bertz CT molecular complexity index is 363. The van der Waals surface area contributed by atoms with E-state index in [0.29, 0.717) is 5.57 Å². The van der Waals surface area contributed by atoms with Crippen molar-refractivity contribution in [2.75, 3.05) is 0 Å². The van der Waals surface area contributed by atoms with Crippen LogP contribution in [-0.2, 0) is 0 Å². The number of hydrogen-bond donors (Lipinski definition) is 2. The fraction of sp³-hybridized carbons (Fsp3) is 0.286. The van der Waals surface area contributed by atoms with Gasteiger partial charge in [0.15, 0.2) is 0 Å². The number of aromatic nitrogens is 3. The van der Waals surface area contributed by atoms with Gasteiger partial charge in [0.25, 0.3) is 6.01 Å². The van der Waals surface area contributed by atoms with E-state index >= 15 is 0 Å². The molecule has 1 rings (SSSR count). The molecule has 0 aliphatic rings. The van der Waals surface area contributed by atoms with Crippen LogP contribution < -0.4 is 4.74 Å². The van der Waals surface area contributed by atoms with E-state index in [9.17, 15) is 5.11 Å². The summed E-state index contributed by atoms with van der Waals surface area (Å²) in [6.07, 6.45) is 0.166. The first kappa shape index (κ1) is 9.82. The summed E-state index contributed by atoms with van der Waals surface area (Å²) in [5, 5.41) is 9.23. The standard InChI is InChI=1S/C7H9N3O2S/c1-4(2)5(11)12-6-8-3-9-7(13)10-6/h3,5,11H,1H2,2H3,(H,8,9,10,13). The Balaban J connectivity index is 2.75. The quantitative estimate of drug-likeness (QED) is 0.428. The highest BCUT2D eigenvalue weighted by Crippen LogP contribution is 2.04. The van der Waals surface area contributed by atoms with Gasteiger partial charge in [-0.2, -0.15) is 4.98 Å². The fourth-order valence-electron chi connectivity index (χ4n) is 0.556. The summed E-state index contributed by atoms with van der Waals surface area (Å²) in [5.74, 6) is 0. The number of H-pyrrole nitrogens is 1. The molecule has 1 aromatic heterocycles. The minimum Gasteiger partial charge on any atom is -0.431 e. The summed E-state index contributed by atoms with van der Waals surface area (Å²) in [7, 11) is 0. The second kappa shape index (κ2) is 4.11. The van der Waals surface area contributed by atoms with Crippen LogP contribution in [-0.4, -0.2) is 26.3 Å². The lowest BCUT2D eigenvalue weighted by atomic mass is 10.3. The lowest BCUT2D eigenvalue weighted by molar-refractivity contribution is 0.00746. The van der Waals surface area contributed by atoms with E-state index in [4.69, 9.17) is 17.0 Å². The summed E-state index contributed by atoms with van der Waals surface area (Å²) in [5.41, 5.74) is 0.484. The minimum absolute atomic E-state index is 0.121. The first-order valence-electron chi connectivity index (χ1n) is 3.51. The van der Waals surface area contributed by atoms with Crippen molar-refractivity contribution in [3.8, 4) is 6.01 Å². The van der Waals surface area contributed by atoms with Crippen LogP contribution in [0.4, 0.5) is 0 Å². The second-order valence-corrected chi connectivity index (χ2v) is 2.81. The molecule has 1 heterocycles. The summed E-state index contributed by atoms with van der Waals surface area (Å²) in [6, 6.07) is 0.121. The molecule has 0 radical (unpaired) electrons. The van der Waals surface area contributed by atoms with Gasteiger partial charge in [0.2, 0.25) is 11.1 Å². The van der Waals surface area contributed by atoms with Gasteiger partial charge in [0.1, 0.15) is 6.33 Å². The van der Waals surface area contributed by atoms with Gasteiger partial charge in [-0.05, 0) is 24.7 Å². The molecular formula is C7H9N3O2S. The molecule has 1 unspecified atom stereocenters. The predicted molar refractivity (Wildman–Crippen MR) is 48.7 cm³/mol. The van der Waals surface area contributed by atoms with Gasteiger partial charge < -0.3 is 9.84 Å². The van der Waals surface area contributed by atoms with Gasteiger partial charge in [-0.25, -0.2) is 4.98 Å². The molecule has 0 aliphatic carbocycles. The Hall–Kier alpha value is -1.27. The van der Waals surface area contributed by atoms with Crippen LogP contribution in [0.1, 0.15) is 6.92 Å².